The Kier molecular flexibility index (Phi) is 3.72. The number of allylic oxidation sites excluding steroid dienone is 4. The molecule has 1 fully saturated rings. The number of rotatable bonds is 4. The molecule has 0 radical (unpaired) electrons. The molecule has 0 bridgehead atoms. The first-order valence-electron chi connectivity index (χ1n) is 8.59. The molecule has 2 aliphatic carbocycles. The van der Waals surface area contributed by atoms with Crippen molar-refractivity contribution in [3.05, 3.63) is 70.6 Å². The average Bonchev–Trinajstić information content (AvgIpc) is 3.40. The van der Waals surface area contributed by atoms with Crippen LogP contribution in [0.3, 0.4) is 0 Å². The van der Waals surface area contributed by atoms with Gasteiger partial charge in [0.15, 0.2) is 5.78 Å². The second-order valence-electron chi connectivity index (χ2n) is 6.89. The van der Waals surface area contributed by atoms with Crippen molar-refractivity contribution in [2.24, 2.45) is 11.8 Å². The van der Waals surface area contributed by atoms with Gasteiger partial charge in [-0.1, -0.05) is 41.6 Å². The van der Waals surface area contributed by atoms with E-state index >= 15 is 0 Å². The maximum Gasteiger partial charge on any atom is 0.192 e. The zero-order valence-electron chi connectivity index (χ0n) is 14.1. The number of aromatic nitrogens is 1. The lowest BCUT2D eigenvalue weighted by Crippen LogP contribution is -2.12. The van der Waals surface area contributed by atoms with Crippen LogP contribution in [0, 0.1) is 25.7 Å². The lowest BCUT2D eigenvalue weighted by atomic mass is 9.82. The van der Waals surface area contributed by atoms with Crippen molar-refractivity contribution in [3.8, 4) is 0 Å². The molecule has 1 unspecified atom stereocenters. The van der Waals surface area contributed by atoms with Crippen molar-refractivity contribution in [1.82, 2.24) is 5.16 Å². The van der Waals surface area contributed by atoms with Crippen LogP contribution in [0.2, 0.25) is 0 Å². The van der Waals surface area contributed by atoms with Gasteiger partial charge in [0.05, 0.1) is 5.69 Å². The standard InChI is InChI=1S/C21H21NO2/c1-13-20(14(2)24-22-13)18-10-17(15-8-9-15)11-19(12-18)21(23)16-6-4-3-5-7-16/h3-7,11-12,15,17H,8-10H2,1-2H3. The lowest BCUT2D eigenvalue weighted by Gasteiger charge is -2.21. The largest absolute Gasteiger partial charge is 0.361 e. The number of hydrogen-bond acceptors (Lipinski definition) is 3. The summed E-state index contributed by atoms with van der Waals surface area (Å²) in [4.78, 5) is 12.9. The summed E-state index contributed by atoms with van der Waals surface area (Å²) in [7, 11) is 0. The molecule has 0 amide bonds. The van der Waals surface area contributed by atoms with Gasteiger partial charge in [-0.25, -0.2) is 0 Å². The summed E-state index contributed by atoms with van der Waals surface area (Å²) in [6, 6.07) is 9.52. The molecule has 1 saturated carbocycles. The van der Waals surface area contributed by atoms with Crippen LogP contribution in [-0.2, 0) is 0 Å². The number of aryl methyl sites for hydroxylation is 2. The van der Waals surface area contributed by atoms with E-state index in [9.17, 15) is 4.79 Å². The van der Waals surface area contributed by atoms with Gasteiger partial charge < -0.3 is 4.52 Å². The van der Waals surface area contributed by atoms with Crippen molar-refractivity contribution < 1.29 is 9.32 Å². The van der Waals surface area contributed by atoms with Gasteiger partial charge in [-0.3, -0.25) is 4.79 Å². The Bertz CT molecular complexity index is 818. The minimum atomic E-state index is 0.102. The first-order valence-corrected chi connectivity index (χ1v) is 8.59. The number of carbonyl (C=O) groups excluding carboxylic acids is 1. The molecule has 1 atom stereocenters. The molecular formula is C21H21NO2. The highest BCUT2D eigenvalue weighted by atomic mass is 16.5. The van der Waals surface area contributed by atoms with E-state index in [-0.39, 0.29) is 5.78 Å². The molecule has 0 saturated heterocycles. The zero-order valence-corrected chi connectivity index (χ0v) is 14.1. The summed E-state index contributed by atoms with van der Waals surface area (Å²) in [6.07, 6.45) is 7.74. The van der Waals surface area contributed by atoms with E-state index in [1.165, 1.54) is 18.4 Å². The van der Waals surface area contributed by atoms with Crippen LogP contribution in [0.1, 0.15) is 46.6 Å². The monoisotopic (exact) mass is 319 g/mol. The van der Waals surface area contributed by atoms with Crippen molar-refractivity contribution in [2.45, 2.75) is 33.1 Å². The number of nitrogens with zero attached hydrogens (tertiary/aromatic N) is 1. The van der Waals surface area contributed by atoms with Crippen LogP contribution in [-0.4, -0.2) is 10.9 Å². The fraction of sp³-hybridized carbons (Fsp3) is 0.333. The smallest absolute Gasteiger partial charge is 0.192 e. The van der Waals surface area contributed by atoms with Crippen LogP contribution in [0.15, 0.2) is 52.6 Å². The highest BCUT2D eigenvalue weighted by Gasteiger charge is 2.34. The Labute approximate surface area is 142 Å². The molecule has 4 rings (SSSR count). The van der Waals surface area contributed by atoms with Crippen molar-refractivity contribution in [3.63, 3.8) is 0 Å². The SMILES string of the molecule is Cc1noc(C)c1C1=CC(C(=O)c2ccccc2)=CC(C2CC2)C1. The Morgan fingerprint density at radius 2 is 1.92 bits per heavy atom. The fourth-order valence-electron chi connectivity index (χ4n) is 3.68. The van der Waals surface area contributed by atoms with Gasteiger partial charge in [-0.2, -0.15) is 0 Å². The first kappa shape index (κ1) is 15.1. The number of carbonyl (C=O) groups is 1. The Morgan fingerprint density at radius 1 is 1.17 bits per heavy atom. The highest BCUT2D eigenvalue weighted by Crippen LogP contribution is 2.45. The average molecular weight is 319 g/mol. The summed E-state index contributed by atoms with van der Waals surface area (Å²) in [5.74, 6) is 2.10. The predicted octanol–water partition coefficient (Wildman–Crippen LogP) is 4.91. The van der Waals surface area contributed by atoms with Gasteiger partial charge in [0.2, 0.25) is 0 Å². The van der Waals surface area contributed by atoms with Gasteiger partial charge in [0, 0.05) is 16.7 Å². The summed E-state index contributed by atoms with van der Waals surface area (Å²) in [5.41, 5.74) is 4.72. The van der Waals surface area contributed by atoms with Crippen LogP contribution >= 0.6 is 0 Å². The molecule has 24 heavy (non-hydrogen) atoms. The van der Waals surface area contributed by atoms with E-state index < -0.39 is 0 Å². The highest BCUT2D eigenvalue weighted by molar-refractivity contribution is 6.11. The topological polar surface area (TPSA) is 43.1 Å². The molecular weight excluding hydrogens is 298 g/mol. The van der Waals surface area contributed by atoms with Crippen LogP contribution in [0.5, 0.6) is 0 Å². The molecule has 0 aliphatic heterocycles. The molecule has 122 valence electrons. The third-order valence-corrected chi connectivity index (χ3v) is 5.06. The summed E-state index contributed by atoms with van der Waals surface area (Å²) in [6.45, 7) is 3.91. The quantitative estimate of drug-likeness (QED) is 0.752. The number of ketones is 1. The van der Waals surface area contributed by atoms with Crippen molar-refractivity contribution in [2.75, 3.05) is 0 Å². The molecule has 1 aromatic carbocycles. The zero-order chi connectivity index (χ0) is 16.7. The van der Waals surface area contributed by atoms with E-state index in [0.29, 0.717) is 11.8 Å². The van der Waals surface area contributed by atoms with Crippen LogP contribution < -0.4 is 0 Å². The lowest BCUT2D eigenvalue weighted by molar-refractivity contribution is 0.103. The van der Waals surface area contributed by atoms with E-state index in [1.54, 1.807) is 0 Å². The molecule has 1 aromatic heterocycles. The van der Waals surface area contributed by atoms with Gasteiger partial charge in [0.1, 0.15) is 5.76 Å². The number of Topliss-reactive ketones (excluding diaryl/α,β-unsaturated/α-hetero) is 1. The molecule has 0 spiro atoms. The van der Waals surface area contributed by atoms with Gasteiger partial charge >= 0.3 is 0 Å². The van der Waals surface area contributed by atoms with Crippen molar-refractivity contribution >= 4 is 11.4 Å². The third-order valence-electron chi connectivity index (χ3n) is 5.06. The molecule has 2 aliphatic rings. The minimum absolute atomic E-state index is 0.102. The number of benzene rings is 1. The molecule has 3 heteroatoms. The van der Waals surface area contributed by atoms with Crippen molar-refractivity contribution in [1.29, 1.82) is 0 Å². The minimum Gasteiger partial charge on any atom is -0.361 e. The van der Waals surface area contributed by atoms with E-state index in [2.05, 4.69) is 11.2 Å². The second-order valence-corrected chi connectivity index (χ2v) is 6.89. The van der Waals surface area contributed by atoms with E-state index in [4.69, 9.17) is 4.52 Å². The molecule has 2 aromatic rings. The van der Waals surface area contributed by atoms with E-state index in [0.717, 1.165) is 34.6 Å². The Hall–Kier alpha value is -2.42. The second kappa shape index (κ2) is 5.90. The fourth-order valence-corrected chi connectivity index (χ4v) is 3.68. The maximum atomic E-state index is 12.9. The predicted molar refractivity (Wildman–Crippen MR) is 93.6 cm³/mol. The van der Waals surface area contributed by atoms with Crippen LogP contribution in [0.25, 0.3) is 5.57 Å². The molecule has 3 nitrogen and oxygen atoms in total. The summed E-state index contributed by atoms with van der Waals surface area (Å²) >= 11 is 0. The number of hydrogen-bond donors (Lipinski definition) is 0. The third kappa shape index (κ3) is 2.75. The maximum absolute atomic E-state index is 12.9. The van der Waals surface area contributed by atoms with E-state index in [1.807, 2.05) is 50.3 Å². The van der Waals surface area contributed by atoms with Crippen LogP contribution in [0.4, 0.5) is 0 Å². The van der Waals surface area contributed by atoms with Gasteiger partial charge in [0.25, 0.3) is 0 Å². The van der Waals surface area contributed by atoms with Gasteiger partial charge in [-0.05, 0) is 56.6 Å². The Balaban J connectivity index is 1.74. The summed E-state index contributed by atoms with van der Waals surface area (Å²) in [5, 5.41) is 4.08. The van der Waals surface area contributed by atoms with Gasteiger partial charge in [-0.15, -0.1) is 0 Å². The Morgan fingerprint density at radius 3 is 2.54 bits per heavy atom. The summed E-state index contributed by atoms with van der Waals surface area (Å²) < 4.78 is 5.34. The molecule has 0 N–H and O–H groups in total. The first-order chi connectivity index (χ1) is 11.6. The normalized spacial score (nSPS) is 20.5. The molecule has 1 heterocycles.